The minimum absolute atomic E-state index is 0.244. The fourth-order valence-electron chi connectivity index (χ4n) is 3.49. The molecular weight excluding hydrogens is 420 g/mol. The lowest BCUT2D eigenvalue weighted by Gasteiger charge is -2.13. The second-order valence-electron chi connectivity index (χ2n) is 7.49. The molecule has 0 aliphatic carbocycles. The van der Waals surface area contributed by atoms with E-state index in [2.05, 4.69) is 25.5 Å². The highest BCUT2D eigenvalue weighted by atomic mass is 16.5. The number of nitrogens with one attached hydrogen (secondary N) is 1. The fraction of sp³-hybridized carbons (Fsp3) is 0.125. The van der Waals surface area contributed by atoms with E-state index in [1.165, 1.54) is 11.0 Å². The summed E-state index contributed by atoms with van der Waals surface area (Å²) in [5.41, 5.74) is 2.59. The molecule has 0 unspecified atom stereocenters. The minimum Gasteiger partial charge on any atom is -0.488 e. The van der Waals surface area contributed by atoms with Crippen LogP contribution < -0.4 is 10.1 Å². The summed E-state index contributed by atoms with van der Waals surface area (Å²) in [5, 5.41) is 12.8. The number of carbonyl (C=O) groups excluding carboxylic acids is 1. The van der Waals surface area contributed by atoms with Gasteiger partial charge in [-0.2, -0.15) is 5.10 Å². The van der Waals surface area contributed by atoms with E-state index in [0.717, 1.165) is 22.0 Å². The summed E-state index contributed by atoms with van der Waals surface area (Å²) in [7, 11) is 0. The van der Waals surface area contributed by atoms with Gasteiger partial charge in [-0.1, -0.05) is 29.4 Å². The van der Waals surface area contributed by atoms with Crippen molar-refractivity contribution in [1.82, 2.24) is 24.9 Å². The molecule has 0 saturated heterocycles. The van der Waals surface area contributed by atoms with E-state index in [4.69, 9.17) is 9.26 Å². The van der Waals surface area contributed by atoms with E-state index in [-0.39, 0.29) is 12.5 Å². The molecule has 0 fully saturated rings. The molecule has 3 aromatic heterocycles. The van der Waals surface area contributed by atoms with Gasteiger partial charge in [0, 0.05) is 0 Å². The van der Waals surface area contributed by atoms with Gasteiger partial charge < -0.3 is 14.6 Å². The molecule has 5 aromatic rings. The molecule has 164 valence electrons. The zero-order valence-electron chi connectivity index (χ0n) is 18.0. The smallest absolute Gasteiger partial charge is 0.259 e. The van der Waals surface area contributed by atoms with Gasteiger partial charge in [-0.25, -0.2) is 14.6 Å². The molecule has 0 radical (unpaired) electrons. The summed E-state index contributed by atoms with van der Waals surface area (Å²) in [6, 6.07) is 15.0. The molecule has 9 heteroatoms. The first-order valence-corrected chi connectivity index (χ1v) is 10.3. The van der Waals surface area contributed by atoms with Crippen LogP contribution >= 0.6 is 0 Å². The number of rotatable bonds is 6. The number of amides is 1. The average Bonchev–Trinajstić information content (AvgIpc) is 3.48. The SMILES string of the molecule is Cc1noc(C)c1COc1cc2ccccc2cc1C(=O)Nc1ccc(-n2cncn2)nc1. The van der Waals surface area contributed by atoms with Gasteiger partial charge in [0.15, 0.2) is 5.82 Å². The highest BCUT2D eigenvalue weighted by molar-refractivity contribution is 6.08. The van der Waals surface area contributed by atoms with Gasteiger partial charge in [0.2, 0.25) is 0 Å². The van der Waals surface area contributed by atoms with Gasteiger partial charge >= 0.3 is 0 Å². The van der Waals surface area contributed by atoms with Crippen LogP contribution in [0.25, 0.3) is 16.6 Å². The van der Waals surface area contributed by atoms with Crippen LogP contribution in [0.2, 0.25) is 0 Å². The zero-order valence-corrected chi connectivity index (χ0v) is 18.0. The van der Waals surface area contributed by atoms with Crippen molar-refractivity contribution in [2.75, 3.05) is 5.32 Å². The van der Waals surface area contributed by atoms with E-state index >= 15 is 0 Å². The van der Waals surface area contributed by atoms with Crippen LogP contribution in [0.1, 0.15) is 27.4 Å². The van der Waals surface area contributed by atoms with Crippen LogP contribution in [0.5, 0.6) is 5.75 Å². The molecule has 0 spiro atoms. The Hall–Kier alpha value is -4.53. The first-order chi connectivity index (χ1) is 16.1. The molecular formula is C24H20N6O3. The van der Waals surface area contributed by atoms with Crippen molar-refractivity contribution in [2.45, 2.75) is 20.5 Å². The standard InChI is InChI=1S/C24H20N6O3/c1-15-21(16(2)33-29-15)12-32-22-10-18-6-4-3-5-17(18)9-20(22)24(31)28-19-7-8-23(26-11-19)30-14-25-13-27-30/h3-11,13-14H,12H2,1-2H3,(H,28,31). The first-order valence-electron chi connectivity index (χ1n) is 10.3. The highest BCUT2D eigenvalue weighted by Gasteiger charge is 2.17. The average molecular weight is 440 g/mol. The van der Waals surface area contributed by atoms with Crippen molar-refractivity contribution in [2.24, 2.45) is 0 Å². The number of anilines is 1. The molecule has 5 rings (SSSR count). The summed E-state index contributed by atoms with van der Waals surface area (Å²) in [5.74, 6) is 1.46. The lowest BCUT2D eigenvalue weighted by Crippen LogP contribution is -2.14. The quantitative estimate of drug-likeness (QED) is 0.420. The van der Waals surface area contributed by atoms with E-state index < -0.39 is 0 Å². The number of carbonyl (C=O) groups is 1. The molecule has 0 saturated carbocycles. The topological polar surface area (TPSA) is 108 Å². The number of fused-ring (bicyclic) bond motifs is 1. The molecule has 0 atom stereocenters. The minimum atomic E-state index is -0.301. The van der Waals surface area contributed by atoms with Crippen molar-refractivity contribution in [3.63, 3.8) is 0 Å². The zero-order chi connectivity index (χ0) is 22.8. The number of hydrogen-bond donors (Lipinski definition) is 1. The number of benzene rings is 2. The number of hydrogen-bond acceptors (Lipinski definition) is 7. The summed E-state index contributed by atoms with van der Waals surface area (Å²) in [4.78, 5) is 21.4. The second kappa shape index (κ2) is 8.54. The molecule has 33 heavy (non-hydrogen) atoms. The molecule has 9 nitrogen and oxygen atoms in total. The fourth-order valence-corrected chi connectivity index (χ4v) is 3.49. The van der Waals surface area contributed by atoms with Crippen molar-refractivity contribution >= 4 is 22.4 Å². The highest BCUT2D eigenvalue weighted by Crippen LogP contribution is 2.28. The third-order valence-electron chi connectivity index (χ3n) is 5.30. The lowest BCUT2D eigenvalue weighted by atomic mass is 10.0. The van der Waals surface area contributed by atoms with E-state index in [1.807, 2.05) is 50.2 Å². The van der Waals surface area contributed by atoms with E-state index in [9.17, 15) is 4.79 Å². The Labute approximate surface area is 189 Å². The Morgan fingerprint density at radius 3 is 2.61 bits per heavy atom. The maximum atomic E-state index is 13.2. The third-order valence-corrected chi connectivity index (χ3v) is 5.30. The lowest BCUT2D eigenvalue weighted by molar-refractivity contribution is 0.102. The molecule has 0 bridgehead atoms. The van der Waals surface area contributed by atoms with Crippen LogP contribution in [0.4, 0.5) is 5.69 Å². The molecule has 2 aromatic carbocycles. The predicted octanol–water partition coefficient (Wildman–Crippen LogP) is 4.25. The largest absolute Gasteiger partial charge is 0.488 e. The molecule has 0 aliphatic heterocycles. The molecule has 0 aliphatic rings. The maximum Gasteiger partial charge on any atom is 0.259 e. The third kappa shape index (κ3) is 4.16. The summed E-state index contributed by atoms with van der Waals surface area (Å²) in [6.07, 6.45) is 4.56. The van der Waals surface area contributed by atoms with Crippen LogP contribution in [0.3, 0.4) is 0 Å². The van der Waals surface area contributed by atoms with Gasteiger partial charge in [-0.15, -0.1) is 0 Å². The normalized spacial score (nSPS) is 11.0. The van der Waals surface area contributed by atoms with Crippen molar-refractivity contribution in [3.05, 3.63) is 90.0 Å². The summed E-state index contributed by atoms with van der Waals surface area (Å²) in [6.45, 7) is 3.94. The van der Waals surface area contributed by atoms with E-state index in [0.29, 0.717) is 28.6 Å². The Balaban J connectivity index is 1.43. The van der Waals surface area contributed by atoms with Gasteiger partial charge in [0.05, 0.1) is 28.7 Å². The second-order valence-corrected chi connectivity index (χ2v) is 7.49. The van der Waals surface area contributed by atoms with Crippen LogP contribution in [0, 0.1) is 13.8 Å². The number of nitrogens with zero attached hydrogens (tertiary/aromatic N) is 5. The van der Waals surface area contributed by atoms with Crippen molar-refractivity contribution in [3.8, 4) is 11.6 Å². The molecule has 1 amide bonds. The predicted molar refractivity (Wildman–Crippen MR) is 121 cm³/mol. The number of aryl methyl sites for hydroxylation is 2. The Kier molecular flexibility index (Phi) is 5.27. The van der Waals surface area contributed by atoms with Crippen LogP contribution in [-0.4, -0.2) is 30.8 Å². The number of aromatic nitrogens is 5. The Bertz CT molecular complexity index is 1410. The summed E-state index contributed by atoms with van der Waals surface area (Å²) < 4.78 is 12.8. The van der Waals surface area contributed by atoms with Gasteiger partial charge in [-0.05, 0) is 48.9 Å². The van der Waals surface area contributed by atoms with Gasteiger partial charge in [-0.3, -0.25) is 4.79 Å². The number of pyridine rings is 1. The molecule has 3 heterocycles. The molecule has 1 N–H and O–H groups in total. The Morgan fingerprint density at radius 1 is 1.12 bits per heavy atom. The van der Waals surface area contributed by atoms with Crippen molar-refractivity contribution in [1.29, 1.82) is 0 Å². The maximum absolute atomic E-state index is 13.2. The van der Waals surface area contributed by atoms with Crippen molar-refractivity contribution < 1.29 is 14.1 Å². The van der Waals surface area contributed by atoms with Crippen LogP contribution in [-0.2, 0) is 6.61 Å². The van der Waals surface area contributed by atoms with Gasteiger partial charge in [0.25, 0.3) is 5.91 Å². The first kappa shape index (κ1) is 20.4. The van der Waals surface area contributed by atoms with E-state index in [1.54, 1.807) is 24.7 Å². The van der Waals surface area contributed by atoms with Crippen LogP contribution in [0.15, 0.2) is 71.9 Å². The monoisotopic (exact) mass is 440 g/mol. The number of ether oxygens (including phenoxy) is 1. The Morgan fingerprint density at radius 2 is 1.94 bits per heavy atom. The summed E-state index contributed by atoms with van der Waals surface area (Å²) >= 11 is 0. The van der Waals surface area contributed by atoms with Gasteiger partial charge in [0.1, 0.15) is 30.8 Å².